The van der Waals surface area contributed by atoms with Gasteiger partial charge in [0.1, 0.15) is 0 Å². The minimum absolute atomic E-state index is 0.950. The highest BCUT2D eigenvalue weighted by Crippen LogP contribution is 2.06. The molecule has 3 nitrogen and oxygen atoms in total. The number of hydrogen-bond acceptors (Lipinski definition) is 2. The fraction of sp³-hybridized carbons (Fsp3) is 0.769. The van der Waals surface area contributed by atoms with Crippen molar-refractivity contribution in [1.29, 1.82) is 0 Å². The van der Waals surface area contributed by atoms with Crippen molar-refractivity contribution in [3.05, 3.63) is 17.5 Å². The second kappa shape index (κ2) is 7.44. The van der Waals surface area contributed by atoms with Gasteiger partial charge in [-0.1, -0.05) is 26.2 Å². The summed E-state index contributed by atoms with van der Waals surface area (Å²) in [6, 6.07) is 0. The molecule has 1 heterocycles. The molecule has 0 saturated heterocycles. The molecule has 0 bridgehead atoms. The summed E-state index contributed by atoms with van der Waals surface area (Å²) < 4.78 is 2.08. The topological polar surface area (TPSA) is 29.9 Å². The summed E-state index contributed by atoms with van der Waals surface area (Å²) in [7, 11) is 0. The van der Waals surface area contributed by atoms with E-state index in [4.69, 9.17) is 0 Å². The van der Waals surface area contributed by atoms with E-state index >= 15 is 0 Å². The number of rotatable bonds is 8. The Morgan fingerprint density at radius 2 is 2.06 bits per heavy atom. The molecule has 0 amide bonds. The molecule has 0 aliphatic rings. The van der Waals surface area contributed by atoms with E-state index in [9.17, 15) is 0 Å². The molecule has 0 radical (unpaired) electrons. The van der Waals surface area contributed by atoms with E-state index in [2.05, 4.69) is 35.9 Å². The molecule has 0 unspecified atom stereocenters. The van der Waals surface area contributed by atoms with Crippen LogP contribution < -0.4 is 5.32 Å². The Labute approximate surface area is 99.2 Å². The smallest absolute Gasteiger partial charge is 0.0551 e. The van der Waals surface area contributed by atoms with Gasteiger partial charge in [-0.15, -0.1) is 0 Å². The molecule has 0 aliphatic carbocycles. The normalized spacial score (nSPS) is 10.9. The molecule has 16 heavy (non-hydrogen) atoms. The third-order valence-electron chi connectivity index (χ3n) is 2.96. The van der Waals surface area contributed by atoms with Crippen LogP contribution in [0.4, 0.5) is 0 Å². The van der Waals surface area contributed by atoms with Crippen LogP contribution in [0.1, 0.15) is 50.8 Å². The van der Waals surface area contributed by atoms with E-state index in [-0.39, 0.29) is 0 Å². The largest absolute Gasteiger partial charge is 0.311 e. The molecule has 0 spiro atoms. The van der Waals surface area contributed by atoms with Crippen LogP contribution in [0.25, 0.3) is 0 Å². The minimum Gasteiger partial charge on any atom is -0.311 e. The fourth-order valence-corrected chi connectivity index (χ4v) is 1.89. The molecular weight excluding hydrogens is 198 g/mol. The second-order valence-corrected chi connectivity index (χ2v) is 4.33. The monoisotopic (exact) mass is 223 g/mol. The first-order valence-corrected chi connectivity index (χ1v) is 6.51. The van der Waals surface area contributed by atoms with E-state index in [0.29, 0.717) is 0 Å². The van der Waals surface area contributed by atoms with Crippen molar-refractivity contribution >= 4 is 0 Å². The Kier molecular flexibility index (Phi) is 6.16. The number of unbranched alkanes of at least 4 members (excludes halogenated alkanes) is 3. The molecule has 1 rings (SSSR count). The van der Waals surface area contributed by atoms with Crippen LogP contribution in [0.3, 0.4) is 0 Å². The van der Waals surface area contributed by atoms with Crippen LogP contribution in [0, 0.1) is 6.92 Å². The Bertz CT molecular complexity index is 291. The summed E-state index contributed by atoms with van der Waals surface area (Å²) in [5.74, 6) is 0. The summed E-state index contributed by atoms with van der Waals surface area (Å²) in [6.07, 6.45) is 7.25. The Balaban J connectivity index is 2.23. The third kappa shape index (κ3) is 3.97. The molecule has 1 aromatic rings. The average Bonchev–Trinajstić information content (AvgIpc) is 2.65. The van der Waals surface area contributed by atoms with Crippen LogP contribution >= 0.6 is 0 Å². The molecule has 0 aliphatic heterocycles. The Morgan fingerprint density at radius 3 is 2.75 bits per heavy atom. The molecule has 3 heteroatoms. The number of hydrogen-bond donors (Lipinski definition) is 1. The third-order valence-corrected chi connectivity index (χ3v) is 2.96. The zero-order valence-electron chi connectivity index (χ0n) is 10.9. The quantitative estimate of drug-likeness (QED) is 0.687. The van der Waals surface area contributed by atoms with Gasteiger partial charge in [0.2, 0.25) is 0 Å². The van der Waals surface area contributed by atoms with Crippen molar-refractivity contribution in [2.75, 3.05) is 6.54 Å². The van der Waals surface area contributed by atoms with E-state index in [1.54, 1.807) is 0 Å². The van der Waals surface area contributed by atoms with E-state index in [1.165, 1.54) is 36.9 Å². The SMILES string of the molecule is CCCCCCNCc1c(C)cnn1CC. The Hall–Kier alpha value is -0.830. The molecule has 1 aromatic heterocycles. The summed E-state index contributed by atoms with van der Waals surface area (Å²) in [5.41, 5.74) is 2.63. The van der Waals surface area contributed by atoms with Gasteiger partial charge in [-0.25, -0.2) is 0 Å². The average molecular weight is 223 g/mol. The molecule has 1 N–H and O–H groups in total. The van der Waals surface area contributed by atoms with Crippen LogP contribution in [-0.2, 0) is 13.1 Å². The molecule has 0 aromatic carbocycles. The number of aromatic nitrogens is 2. The summed E-state index contributed by atoms with van der Waals surface area (Å²) >= 11 is 0. The maximum absolute atomic E-state index is 4.34. The minimum atomic E-state index is 0.950. The first kappa shape index (κ1) is 13.2. The van der Waals surface area contributed by atoms with Gasteiger partial charge < -0.3 is 5.32 Å². The molecule has 0 fully saturated rings. The highest BCUT2D eigenvalue weighted by molar-refractivity contribution is 5.15. The van der Waals surface area contributed by atoms with Crippen molar-refractivity contribution in [3.8, 4) is 0 Å². The predicted octanol–water partition coefficient (Wildman–Crippen LogP) is 2.88. The first-order chi connectivity index (χ1) is 7.79. The number of aryl methyl sites for hydroxylation is 2. The van der Waals surface area contributed by atoms with Gasteiger partial charge in [-0.3, -0.25) is 4.68 Å². The van der Waals surface area contributed by atoms with Crippen molar-refractivity contribution in [3.63, 3.8) is 0 Å². The molecule has 0 atom stereocenters. The van der Waals surface area contributed by atoms with Gasteiger partial charge in [0.25, 0.3) is 0 Å². The summed E-state index contributed by atoms with van der Waals surface area (Å²) in [4.78, 5) is 0. The van der Waals surface area contributed by atoms with Gasteiger partial charge in [-0.05, 0) is 32.4 Å². The van der Waals surface area contributed by atoms with Gasteiger partial charge in [-0.2, -0.15) is 5.10 Å². The van der Waals surface area contributed by atoms with Crippen molar-refractivity contribution in [1.82, 2.24) is 15.1 Å². The van der Waals surface area contributed by atoms with Crippen molar-refractivity contribution in [2.45, 2.75) is 59.5 Å². The molecule has 92 valence electrons. The lowest BCUT2D eigenvalue weighted by Crippen LogP contribution is -2.18. The highest BCUT2D eigenvalue weighted by atomic mass is 15.3. The predicted molar refractivity (Wildman–Crippen MR) is 68.5 cm³/mol. The lowest BCUT2D eigenvalue weighted by Gasteiger charge is -2.08. The van der Waals surface area contributed by atoms with Gasteiger partial charge in [0.05, 0.1) is 11.9 Å². The Morgan fingerprint density at radius 1 is 1.25 bits per heavy atom. The van der Waals surface area contributed by atoms with E-state index in [1.807, 2.05) is 6.20 Å². The van der Waals surface area contributed by atoms with Crippen LogP contribution in [0.2, 0.25) is 0 Å². The van der Waals surface area contributed by atoms with Crippen LogP contribution in [-0.4, -0.2) is 16.3 Å². The van der Waals surface area contributed by atoms with Crippen LogP contribution in [0.5, 0.6) is 0 Å². The van der Waals surface area contributed by atoms with Crippen LogP contribution in [0.15, 0.2) is 6.20 Å². The zero-order chi connectivity index (χ0) is 11.8. The lowest BCUT2D eigenvalue weighted by molar-refractivity contribution is 0.556. The zero-order valence-corrected chi connectivity index (χ0v) is 10.9. The summed E-state index contributed by atoms with van der Waals surface area (Å²) in [5, 5.41) is 7.84. The highest BCUT2D eigenvalue weighted by Gasteiger charge is 2.04. The van der Waals surface area contributed by atoms with E-state index in [0.717, 1.165) is 19.6 Å². The number of nitrogens with one attached hydrogen (secondary N) is 1. The maximum atomic E-state index is 4.34. The van der Waals surface area contributed by atoms with E-state index < -0.39 is 0 Å². The lowest BCUT2D eigenvalue weighted by atomic mass is 10.2. The van der Waals surface area contributed by atoms with Crippen molar-refractivity contribution < 1.29 is 0 Å². The standard InChI is InChI=1S/C13H25N3/c1-4-6-7-8-9-14-11-13-12(3)10-15-16(13)5-2/h10,14H,4-9,11H2,1-3H3. The van der Waals surface area contributed by atoms with Crippen molar-refractivity contribution in [2.24, 2.45) is 0 Å². The molecular formula is C13H25N3. The number of nitrogens with zero attached hydrogens (tertiary/aromatic N) is 2. The van der Waals surface area contributed by atoms with Gasteiger partial charge in [0, 0.05) is 13.1 Å². The van der Waals surface area contributed by atoms with Gasteiger partial charge in [0.15, 0.2) is 0 Å². The fourth-order valence-electron chi connectivity index (χ4n) is 1.89. The summed E-state index contributed by atoms with van der Waals surface area (Å²) in [6.45, 7) is 9.54. The van der Waals surface area contributed by atoms with Gasteiger partial charge >= 0.3 is 0 Å². The molecule has 0 saturated carbocycles. The first-order valence-electron chi connectivity index (χ1n) is 6.51. The second-order valence-electron chi connectivity index (χ2n) is 4.33. The maximum Gasteiger partial charge on any atom is 0.0551 e.